The van der Waals surface area contributed by atoms with Crippen LogP contribution in [0, 0.1) is 0 Å². The van der Waals surface area contributed by atoms with E-state index in [4.69, 9.17) is 11.6 Å². The van der Waals surface area contributed by atoms with Crippen LogP contribution in [0.5, 0.6) is 0 Å². The fraction of sp³-hybridized carbons (Fsp3) is 0.462. The summed E-state index contributed by atoms with van der Waals surface area (Å²) in [7, 11) is 0. The van der Waals surface area contributed by atoms with Crippen molar-refractivity contribution in [2.45, 2.75) is 19.5 Å². The lowest BCUT2D eigenvalue weighted by Gasteiger charge is -2.34. The molecule has 1 aliphatic rings. The van der Waals surface area contributed by atoms with E-state index in [1.165, 1.54) is 11.1 Å². The minimum absolute atomic E-state index is 0.0186. The van der Waals surface area contributed by atoms with Crippen molar-refractivity contribution in [2.24, 2.45) is 0 Å². The van der Waals surface area contributed by atoms with E-state index in [0.717, 1.165) is 19.6 Å². The highest BCUT2D eigenvalue weighted by Crippen LogP contribution is 2.26. The lowest BCUT2D eigenvalue weighted by molar-refractivity contribution is -0.119. The van der Waals surface area contributed by atoms with E-state index in [2.05, 4.69) is 29.3 Å². The lowest BCUT2D eigenvalue weighted by Crippen LogP contribution is -2.42. The first-order valence-corrected chi connectivity index (χ1v) is 6.43. The number of nitrogens with one attached hydrogen (secondary N) is 1. The van der Waals surface area contributed by atoms with Gasteiger partial charge in [-0.15, -0.1) is 11.6 Å². The Bertz CT molecular complexity index is 408. The fourth-order valence-corrected chi connectivity index (χ4v) is 2.35. The van der Waals surface area contributed by atoms with Gasteiger partial charge in [-0.25, -0.2) is 0 Å². The number of carbonyl (C=O) groups excluding carboxylic acids is 1. The third-order valence-corrected chi connectivity index (χ3v) is 3.41. The molecule has 1 atom stereocenters. The first-order valence-electron chi connectivity index (χ1n) is 5.90. The summed E-state index contributed by atoms with van der Waals surface area (Å²) < 4.78 is 0. The molecular weight excluding hydrogens is 236 g/mol. The SMILES string of the molecule is CCN1Cc2ccccc2C(NC(=O)CCl)C1. The molecule has 0 fully saturated rings. The zero-order chi connectivity index (χ0) is 12.3. The van der Waals surface area contributed by atoms with Gasteiger partial charge in [0.2, 0.25) is 5.91 Å². The number of amides is 1. The quantitative estimate of drug-likeness (QED) is 0.834. The number of carbonyl (C=O) groups is 1. The van der Waals surface area contributed by atoms with Crippen molar-refractivity contribution in [3.63, 3.8) is 0 Å². The summed E-state index contributed by atoms with van der Waals surface area (Å²) in [5.74, 6) is -0.0884. The molecule has 1 amide bonds. The molecule has 0 saturated heterocycles. The van der Waals surface area contributed by atoms with E-state index < -0.39 is 0 Å². The Balaban J connectivity index is 2.22. The van der Waals surface area contributed by atoms with Crippen LogP contribution in [0.2, 0.25) is 0 Å². The van der Waals surface area contributed by atoms with Crippen LogP contribution in [0.4, 0.5) is 0 Å². The second-order valence-electron chi connectivity index (χ2n) is 4.28. The van der Waals surface area contributed by atoms with Crippen LogP contribution < -0.4 is 5.32 Å². The zero-order valence-electron chi connectivity index (χ0n) is 9.95. The molecule has 3 nitrogen and oxygen atoms in total. The molecule has 4 heteroatoms. The Kier molecular flexibility index (Phi) is 4.02. The average molecular weight is 253 g/mol. The van der Waals surface area contributed by atoms with Crippen molar-refractivity contribution in [2.75, 3.05) is 19.0 Å². The minimum Gasteiger partial charge on any atom is -0.347 e. The van der Waals surface area contributed by atoms with Gasteiger partial charge in [0.25, 0.3) is 0 Å². The van der Waals surface area contributed by atoms with Crippen LogP contribution in [0.25, 0.3) is 0 Å². The molecule has 0 spiro atoms. The van der Waals surface area contributed by atoms with Crippen LogP contribution in [0.1, 0.15) is 24.1 Å². The van der Waals surface area contributed by atoms with Gasteiger partial charge in [0.05, 0.1) is 6.04 Å². The molecule has 0 aromatic heterocycles. The molecule has 0 saturated carbocycles. The summed E-state index contributed by atoms with van der Waals surface area (Å²) in [5.41, 5.74) is 2.51. The van der Waals surface area contributed by atoms with Gasteiger partial charge in [-0.1, -0.05) is 31.2 Å². The number of nitrogens with zero attached hydrogens (tertiary/aromatic N) is 1. The molecule has 1 aliphatic heterocycles. The highest BCUT2D eigenvalue weighted by atomic mass is 35.5. The molecule has 0 aliphatic carbocycles. The summed E-state index contributed by atoms with van der Waals surface area (Å²) in [6.07, 6.45) is 0. The minimum atomic E-state index is -0.107. The Morgan fingerprint density at radius 1 is 1.53 bits per heavy atom. The van der Waals surface area contributed by atoms with Gasteiger partial charge < -0.3 is 5.32 Å². The van der Waals surface area contributed by atoms with E-state index >= 15 is 0 Å². The van der Waals surface area contributed by atoms with Gasteiger partial charge in [-0.05, 0) is 17.7 Å². The van der Waals surface area contributed by atoms with Crippen molar-refractivity contribution >= 4 is 17.5 Å². The topological polar surface area (TPSA) is 32.3 Å². The molecule has 1 heterocycles. The largest absolute Gasteiger partial charge is 0.347 e. The van der Waals surface area contributed by atoms with Crippen molar-refractivity contribution in [1.82, 2.24) is 10.2 Å². The summed E-state index contributed by atoms with van der Waals surface area (Å²) in [6, 6.07) is 8.32. The van der Waals surface area contributed by atoms with Gasteiger partial charge >= 0.3 is 0 Å². The van der Waals surface area contributed by atoms with E-state index in [9.17, 15) is 4.79 Å². The molecule has 1 N–H and O–H groups in total. The van der Waals surface area contributed by atoms with Gasteiger partial charge in [0.1, 0.15) is 5.88 Å². The number of alkyl halides is 1. The number of hydrogen-bond donors (Lipinski definition) is 1. The molecule has 1 unspecified atom stereocenters. The average Bonchev–Trinajstić information content (AvgIpc) is 2.38. The number of benzene rings is 1. The van der Waals surface area contributed by atoms with Crippen LogP contribution in [0.3, 0.4) is 0 Å². The molecule has 2 rings (SSSR count). The molecular formula is C13H17ClN2O. The fourth-order valence-electron chi connectivity index (χ4n) is 2.28. The van der Waals surface area contributed by atoms with Crippen molar-refractivity contribution in [3.8, 4) is 0 Å². The van der Waals surface area contributed by atoms with Crippen molar-refractivity contribution in [3.05, 3.63) is 35.4 Å². The van der Waals surface area contributed by atoms with Crippen molar-refractivity contribution in [1.29, 1.82) is 0 Å². The first kappa shape index (κ1) is 12.4. The first-order chi connectivity index (χ1) is 8.24. The monoisotopic (exact) mass is 252 g/mol. The summed E-state index contributed by atoms with van der Waals surface area (Å²) in [4.78, 5) is 13.7. The van der Waals surface area contributed by atoms with Crippen LogP contribution in [0.15, 0.2) is 24.3 Å². The number of fused-ring (bicyclic) bond motifs is 1. The van der Waals surface area contributed by atoms with Gasteiger partial charge in [0.15, 0.2) is 0 Å². The second kappa shape index (κ2) is 5.52. The van der Waals surface area contributed by atoms with Crippen LogP contribution in [-0.2, 0) is 11.3 Å². The molecule has 1 aromatic carbocycles. The number of likely N-dealkylation sites (N-methyl/N-ethyl adjacent to an activating group) is 1. The predicted octanol–water partition coefficient (Wildman–Crippen LogP) is 1.92. The maximum atomic E-state index is 11.4. The van der Waals surface area contributed by atoms with Crippen LogP contribution in [-0.4, -0.2) is 29.8 Å². The third kappa shape index (κ3) is 2.79. The van der Waals surface area contributed by atoms with E-state index in [1.807, 2.05) is 12.1 Å². The van der Waals surface area contributed by atoms with Gasteiger partial charge in [0, 0.05) is 13.1 Å². The predicted molar refractivity (Wildman–Crippen MR) is 69.0 cm³/mol. The van der Waals surface area contributed by atoms with Gasteiger partial charge in [-0.2, -0.15) is 0 Å². The standard InChI is InChI=1S/C13H17ClN2O/c1-2-16-8-10-5-3-4-6-11(10)12(9-16)15-13(17)7-14/h3-6,12H,2,7-9H2,1H3,(H,15,17). The highest BCUT2D eigenvalue weighted by Gasteiger charge is 2.24. The lowest BCUT2D eigenvalue weighted by atomic mass is 9.95. The third-order valence-electron chi connectivity index (χ3n) is 3.17. The van der Waals surface area contributed by atoms with Crippen molar-refractivity contribution < 1.29 is 4.79 Å². The normalized spacial score (nSPS) is 19.8. The second-order valence-corrected chi connectivity index (χ2v) is 4.55. The number of rotatable bonds is 3. The Morgan fingerprint density at radius 3 is 3.00 bits per heavy atom. The molecule has 92 valence electrons. The maximum absolute atomic E-state index is 11.4. The smallest absolute Gasteiger partial charge is 0.235 e. The molecule has 1 aromatic rings. The van der Waals surface area contributed by atoms with E-state index in [0.29, 0.717) is 0 Å². The Morgan fingerprint density at radius 2 is 2.29 bits per heavy atom. The Hall–Kier alpha value is -1.06. The molecule has 0 radical (unpaired) electrons. The summed E-state index contributed by atoms with van der Waals surface area (Å²) in [5, 5.41) is 2.98. The molecule has 17 heavy (non-hydrogen) atoms. The summed E-state index contributed by atoms with van der Waals surface area (Å²) in [6.45, 7) is 4.94. The maximum Gasteiger partial charge on any atom is 0.235 e. The number of halogens is 1. The van der Waals surface area contributed by atoms with E-state index in [-0.39, 0.29) is 17.8 Å². The Labute approximate surface area is 107 Å². The van der Waals surface area contributed by atoms with E-state index in [1.54, 1.807) is 0 Å². The van der Waals surface area contributed by atoms with Gasteiger partial charge in [-0.3, -0.25) is 9.69 Å². The zero-order valence-corrected chi connectivity index (χ0v) is 10.7. The van der Waals surface area contributed by atoms with Crippen LogP contribution >= 0.6 is 11.6 Å². The highest BCUT2D eigenvalue weighted by molar-refractivity contribution is 6.27. The summed E-state index contributed by atoms with van der Waals surface area (Å²) >= 11 is 5.54. The molecule has 0 bridgehead atoms. The number of hydrogen-bond acceptors (Lipinski definition) is 2.